The number of unbranched alkanes of at least 4 members (excludes halogenated alkanes) is 7. The van der Waals surface area contributed by atoms with Crippen molar-refractivity contribution in [3.8, 4) is 11.5 Å². The van der Waals surface area contributed by atoms with Crippen molar-refractivity contribution in [3.63, 3.8) is 0 Å². The number of halogens is 2. The average Bonchev–Trinajstić information content (AvgIpc) is 3.99. The minimum Gasteiger partial charge on any atom is -0.494 e. The molecule has 372 valence electrons. The van der Waals surface area contributed by atoms with Gasteiger partial charge in [0.1, 0.15) is 47.8 Å². The van der Waals surface area contributed by atoms with Crippen LogP contribution in [-0.4, -0.2) is 96.5 Å². The van der Waals surface area contributed by atoms with Gasteiger partial charge in [0.05, 0.1) is 31.7 Å². The fraction of sp³-hybridized carbons (Fsp3) is 0.488. The zero-order chi connectivity index (χ0) is 48.7. The number of carbonyl (C=O) groups excluding carboxylic acids is 1. The highest BCUT2D eigenvalue weighted by molar-refractivity contribution is 8.54. The number of anilines is 1. The third-order valence-corrected chi connectivity index (χ3v) is 16.1. The first-order valence-corrected chi connectivity index (χ1v) is 26.9. The molecule has 1 unspecified atom stereocenters. The lowest BCUT2D eigenvalue weighted by Crippen LogP contribution is -2.38. The van der Waals surface area contributed by atoms with E-state index in [1.54, 1.807) is 36.4 Å². The molecule has 8 rings (SSSR count). The predicted molar refractivity (Wildman–Crippen MR) is 245 cm³/mol. The smallest absolute Gasteiger partial charge is 0.472 e. The van der Waals surface area contributed by atoms with Gasteiger partial charge in [0.25, 0.3) is 5.56 Å². The summed E-state index contributed by atoms with van der Waals surface area (Å²) < 4.78 is 109. The number of benzene rings is 2. The van der Waals surface area contributed by atoms with Gasteiger partial charge in [0, 0.05) is 18.0 Å². The molecule has 0 bridgehead atoms. The highest BCUT2D eigenvalue weighted by atomic mass is 32.7. The number of aromatic amines is 1. The van der Waals surface area contributed by atoms with Crippen LogP contribution >= 0.6 is 26.0 Å². The third-order valence-electron chi connectivity index (χ3n) is 11.5. The summed E-state index contributed by atoms with van der Waals surface area (Å²) in [5.74, 6) is 0.0933. The van der Waals surface area contributed by atoms with Crippen LogP contribution in [0.3, 0.4) is 0 Å². The molecule has 3 saturated heterocycles. The Balaban J connectivity index is 0.953. The Morgan fingerprint density at radius 2 is 1.48 bits per heavy atom. The Morgan fingerprint density at radius 3 is 2.17 bits per heavy atom. The summed E-state index contributed by atoms with van der Waals surface area (Å²) in [6.07, 6.45) is -2.27. The number of carbonyl (C=O) groups is 1. The Labute approximate surface area is 397 Å². The van der Waals surface area contributed by atoms with Crippen LogP contribution in [0.15, 0.2) is 83.0 Å². The average molecular weight is 1020 g/mol. The van der Waals surface area contributed by atoms with Gasteiger partial charge in [0.15, 0.2) is 36.3 Å². The molecule has 0 saturated carbocycles. The van der Waals surface area contributed by atoms with E-state index in [2.05, 4.69) is 21.9 Å². The molecule has 0 radical (unpaired) electrons. The number of H-pyrrole nitrogens is 1. The van der Waals surface area contributed by atoms with Crippen molar-refractivity contribution < 1.29 is 64.6 Å². The largest absolute Gasteiger partial charge is 0.494 e. The molecular weight excluding hydrogens is 971 g/mol. The van der Waals surface area contributed by atoms with Gasteiger partial charge in [-0.3, -0.25) is 37.0 Å². The van der Waals surface area contributed by atoms with Gasteiger partial charge in [-0.2, -0.15) is 0 Å². The number of imidazole rings is 1. The normalized spacial score (nSPS) is 28.3. The molecule has 3 aromatic heterocycles. The van der Waals surface area contributed by atoms with E-state index >= 15 is 8.78 Å². The Hall–Kier alpha value is -4.87. The minimum atomic E-state index is -5.24. The molecule has 0 spiro atoms. The van der Waals surface area contributed by atoms with Crippen LogP contribution in [0.25, 0.3) is 11.2 Å². The SMILES string of the molecule is CCCCCCCCCCOc1ccc(C(=O)Oc2ccc(CS[P@]3(=O)OC[C@H]4O[C@@H](n5cnc6c(N)ncnc65)[C@H](F)[C@@H]4OP(=O)(O)OC[C@H]4O[C@@H](n5ccc(=O)[nH]c5=O)[C@H](F)[C@@H]4O3)cc2)cc1. The van der Waals surface area contributed by atoms with E-state index in [0.29, 0.717) is 39.4 Å². The number of rotatable bonds is 17. The second kappa shape index (κ2) is 22.5. The van der Waals surface area contributed by atoms with Crippen LogP contribution < -0.4 is 26.5 Å². The van der Waals surface area contributed by atoms with Crippen LogP contribution in [0, 0.1) is 0 Å². The summed E-state index contributed by atoms with van der Waals surface area (Å²) in [5.41, 5.74) is 5.05. The number of phosphoric ester groups is 1. The molecule has 10 atom stereocenters. The number of phosphoric acid groups is 1. The summed E-state index contributed by atoms with van der Waals surface area (Å²) in [6, 6.07) is 13.8. The maximum atomic E-state index is 16.5. The van der Waals surface area contributed by atoms with Crippen molar-refractivity contribution in [1.29, 1.82) is 0 Å². The monoisotopic (exact) mass is 1020 g/mol. The minimum absolute atomic E-state index is 0.0140. The topological polar surface area (TPSA) is 270 Å². The maximum absolute atomic E-state index is 16.5. The van der Waals surface area contributed by atoms with Gasteiger partial charge in [0.2, 0.25) is 0 Å². The number of nitrogens with one attached hydrogen (secondary N) is 1. The number of nitrogen functional groups attached to an aromatic ring is 1. The van der Waals surface area contributed by atoms with Crippen molar-refractivity contribution in [2.45, 2.75) is 113 Å². The van der Waals surface area contributed by atoms with E-state index in [-0.39, 0.29) is 28.5 Å². The van der Waals surface area contributed by atoms with Gasteiger partial charge in [-0.1, -0.05) is 64.0 Å². The summed E-state index contributed by atoms with van der Waals surface area (Å²) >= 11 is 0.596. The number of hydrogen-bond donors (Lipinski definition) is 3. The van der Waals surface area contributed by atoms with Crippen LogP contribution in [0.4, 0.5) is 14.6 Å². The number of nitrogens with two attached hydrogens (primary N) is 1. The molecule has 0 aliphatic carbocycles. The Kier molecular flexibility index (Phi) is 16.5. The van der Waals surface area contributed by atoms with Gasteiger partial charge >= 0.3 is 26.3 Å². The molecule has 2 aromatic carbocycles. The molecule has 6 heterocycles. The molecule has 3 aliphatic heterocycles. The van der Waals surface area contributed by atoms with Gasteiger partial charge in [-0.15, -0.1) is 0 Å². The first kappa shape index (κ1) is 50.5. The quantitative estimate of drug-likeness (QED) is 0.0362. The van der Waals surface area contributed by atoms with Crippen LogP contribution in [0.5, 0.6) is 11.5 Å². The van der Waals surface area contributed by atoms with Crippen molar-refractivity contribution in [1.82, 2.24) is 29.1 Å². The highest BCUT2D eigenvalue weighted by Crippen LogP contribution is 2.65. The van der Waals surface area contributed by atoms with E-state index < -0.39 is 94.3 Å². The van der Waals surface area contributed by atoms with Crippen molar-refractivity contribution >= 4 is 49.0 Å². The van der Waals surface area contributed by atoms with Crippen molar-refractivity contribution in [3.05, 3.63) is 105 Å². The summed E-state index contributed by atoms with van der Waals surface area (Å²) in [6.45, 7) is -3.63. The zero-order valence-corrected chi connectivity index (χ0v) is 39.8. The second-order valence-electron chi connectivity index (χ2n) is 16.4. The molecule has 3 fully saturated rings. The lowest BCUT2D eigenvalue weighted by Gasteiger charge is -2.29. The number of nitrogens with zero attached hydrogens (tertiary/aromatic N) is 5. The lowest BCUT2D eigenvalue weighted by molar-refractivity contribution is -0.0619. The first-order valence-electron chi connectivity index (χ1n) is 22.3. The van der Waals surface area contributed by atoms with Crippen LogP contribution in [-0.2, 0) is 42.5 Å². The maximum Gasteiger partial charge on any atom is 0.472 e. The third kappa shape index (κ3) is 12.4. The standard InChI is InChI=1S/C43H51F2N7O14P2S/c1-2-3-4-5-6-7-8-9-20-59-28-16-12-27(13-17-28)42(54)62-29-14-10-26(11-15-29)23-69-68(58)61-22-31-36(33(44)41(64-31)52-25-49-35-38(46)47-24-48-39(35)52)65-67(56,57)60-21-30-37(66-68)34(45)40(63-30)51-19-18-32(53)50-43(51)55/h10-19,24-25,30-31,33-34,36-37,40-41H,2-9,20-23H2,1H3,(H,56,57)(H2,46,47,48)(H,50,53,55)/t30-,31-,33-,34-,36-,37-,40-,41-,68-/m1/s1. The number of hydrogen-bond acceptors (Lipinski definition) is 18. The number of alkyl halides is 2. The molecule has 26 heteroatoms. The molecule has 5 aromatic rings. The molecule has 21 nitrogen and oxygen atoms in total. The molecule has 0 amide bonds. The zero-order valence-electron chi connectivity index (χ0n) is 37.2. The second-order valence-corrected chi connectivity index (χ2v) is 21.9. The van der Waals surface area contributed by atoms with Gasteiger partial charge < -0.3 is 29.6 Å². The fourth-order valence-electron chi connectivity index (χ4n) is 7.89. The number of ether oxygens (including phenoxy) is 4. The number of aromatic nitrogens is 6. The molecule has 3 aliphatic rings. The Bertz CT molecular complexity index is 2770. The number of esters is 1. The summed E-state index contributed by atoms with van der Waals surface area (Å²) in [5, 5.41) is 0. The summed E-state index contributed by atoms with van der Waals surface area (Å²) in [7, 11) is -5.24. The fourth-order valence-corrected chi connectivity index (χ4v) is 12.2. The van der Waals surface area contributed by atoms with Crippen LogP contribution in [0.1, 0.15) is 86.7 Å². The van der Waals surface area contributed by atoms with Crippen molar-refractivity contribution in [2.24, 2.45) is 0 Å². The molecule has 4 N–H and O–H groups in total. The van der Waals surface area contributed by atoms with E-state index in [9.17, 15) is 28.4 Å². The van der Waals surface area contributed by atoms with Gasteiger partial charge in [-0.05, 0) is 59.8 Å². The van der Waals surface area contributed by atoms with E-state index in [0.717, 1.165) is 36.0 Å². The molecular formula is C43H51F2N7O14P2S. The van der Waals surface area contributed by atoms with E-state index in [1.165, 1.54) is 57.0 Å². The molecule has 69 heavy (non-hydrogen) atoms. The predicted octanol–water partition coefficient (Wildman–Crippen LogP) is 7.13. The highest BCUT2D eigenvalue weighted by Gasteiger charge is 2.55. The van der Waals surface area contributed by atoms with Crippen LogP contribution in [0.2, 0.25) is 0 Å². The van der Waals surface area contributed by atoms with E-state index in [4.69, 9.17) is 42.8 Å². The summed E-state index contributed by atoms with van der Waals surface area (Å²) in [4.78, 5) is 62.4. The first-order chi connectivity index (χ1) is 33.2. The van der Waals surface area contributed by atoms with E-state index in [1.807, 2.05) is 4.98 Å². The van der Waals surface area contributed by atoms with Gasteiger partial charge in [-0.25, -0.2) is 42.5 Å². The van der Waals surface area contributed by atoms with Crippen molar-refractivity contribution in [2.75, 3.05) is 25.6 Å². The lowest BCUT2D eigenvalue weighted by atomic mass is 10.1. The number of fused-ring (bicyclic) bond motifs is 3. The Morgan fingerprint density at radius 1 is 0.841 bits per heavy atom.